The molecule has 0 bridgehead atoms. The highest BCUT2D eigenvalue weighted by molar-refractivity contribution is 7.90. The maximum atomic E-state index is 14.0. The Morgan fingerprint density at radius 1 is 0.891 bits per heavy atom. The summed E-state index contributed by atoms with van der Waals surface area (Å²) in [5, 5.41) is 14.5. The third-order valence-electron chi connectivity index (χ3n) is 11.9. The molecule has 3 aromatic heterocycles. The molecule has 4 aliphatic heterocycles. The van der Waals surface area contributed by atoms with Gasteiger partial charge >= 0.3 is 6.09 Å². The van der Waals surface area contributed by atoms with Gasteiger partial charge in [0, 0.05) is 93.9 Å². The number of rotatable bonds is 11. The number of morpholine rings is 1. The first-order chi connectivity index (χ1) is 31.0. The number of likely N-dealkylation sites (tertiary alicyclic amines) is 1. The van der Waals surface area contributed by atoms with E-state index in [9.17, 15) is 22.8 Å². The van der Waals surface area contributed by atoms with Crippen LogP contribution in [0.3, 0.4) is 0 Å². The van der Waals surface area contributed by atoms with Crippen LogP contribution in [0.4, 0.5) is 50.8 Å². The van der Waals surface area contributed by atoms with Gasteiger partial charge in [-0.3, -0.25) is 9.59 Å². The molecule has 3 fully saturated rings. The summed E-state index contributed by atoms with van der Waals surface area (Å²) in [6.07, 6.45) is 3.31. The Labute approximate surface area is 369 Å². The number of nitrogens with zero attached hydrogens (tertiary/aromatic N) is 8. The quantitative estimate of drug-likeness (QED) is 0.128. The number of hydroxylamine groups is 1. The third-order valence-corrected chi connectivity index (χ3v) is 13.0. The highest BCUT2D eigenvalue weighted by Gasteiger charge is 2.34. The lowest BCUT2D eigenvalue weighted by molar-refractivity contribution is 0.0730. The molecule has 9 rings (SSSR count). The molecule has 5 aromatic rings. The van der Waals surface area contributed by atoms with Crippen molar-refractivity contribution in [1.82, 2.24) is 35.1 Å². The molecule has 3 saturated heterocycles. The summed E-state index contributed by atoms with van der Waals surface area (Å²) in [4.78, 5) is 72.1. The molecule has 2 aromatic carbocycles. The van der Waals surface area contributed by atoms with Gasteiger partial charge in [-0.15, -0.1) is 0 Å². The number of fused-ring (bicyclic) bond motifs is 2. The highest BCUT2D eigenvalue weighted by atomic mass is 32.2. The number of sulfone groups is 1. The number of nitrogens with one attached hydrogen (secondary N) is 5. The first kappa shape index (κ1) is 42.6. The molecule has 0 radical (unpaired) electrons. The first-order valence-corrected chi connectivity index (χ1v) is 23.3. The molecular formula is C43H51N13O7S. The van der Waals surface area contributed by atoms with Crippen LogP contribution < -0.4 is 41.7 Å². The van der Waals surface area contributed by atoms with Crippen molar-refractivity contribution in [2.24, 2.45) is 0 Å². The van der Waals surface area contributed by atoms with Crippen molar-refractivity contribution in [2.75, 3.05) is 116 Å². The summed E-state index contributed by atoms with van der Waals surface area (Å²) in [6, 6.07) is 17.4. The SMILES string of the molecule is CCN1CCN(c2cc3c(c(Nc4ccc(S(C)(=O)=O)cc4)n2)C(=O)NCN3OC(=O)N2CCC[C@@H](Nc3cc4nc[nH]c(=O)c4c(Nc4ccc(N5CCOCC5)cc4)n3)C2)CC1. The number of anilines is 8. The molecule has 0 saturated carbocycles. The normalized spacial score (nSPS) is 18.3. The van der Waals surface area contributed by atoms with E-state index in [1.165, 1.54) is 23.5 Å². The predicted molar refractivity (Wildman–Crippen MR) is 244 cm³/mol. The van der Waals surface area contributed by atoms with Crippen molar-refractivity contribution in [1.29, 1.82) is 0 Å². The Kier molecular flexibility index (Phi) is 12.1. The minimum absolute atomic E-state index is 0.0957. The van der Waals surface area contributed by atoms with Gasteiger partial charge < -0.3 is 55.4 Å². The van der Waals surface area contributed by atoms with E-state index in [1.807, 2.05) is 24.3 Å². The minimum Gasteiger partial charge on any atom is -0.378 e. The van der Waals surface area contributed by atoms with E-state index in [0.29, 0.717) is 85.5 Å². The number of ether oxygens (including phenoxy) is 1. The van der Waals surface area contributed by atoms with E-state index < -0.39 is 21.8 Å². The summed E-state index contributed by atoms with van der Waals surface area (Å²) in [5.41, 5.74) is 3.01. The number of piperazine rings is 1. The zero-order valence-electron chi connectivity index (χ0n) is 35.7. The van der Waals surface area contributed by atoms with Crippen LogP contribution in [0.2, 0.25) is 0 Å². The van der Waals surface area contributed by atoms with Crippen molar-refractivity contribution in [3.8, 4) is 0 Å². The molecule has 4 aliphatic rings. The van der Waals surface area contributed by atoms with Gasteiger partial charge in [0.1, 0.15) is 40.9 Å². The van der Waals surface area contributed by atoms with Crippen molar-refractivity contribution in [3.05, 3.63) is 82.9 Å². The van der Waals surface area contributed by atoms with Gasteiger partial charge in [-0.25, -0.2) is 28.2 Å². The topological polar surface area (TPSA) is 223 Å². The van der Waals surface area contributed by atoms with Crippen molar-refractivity contribution in [3.63, 3.8) is 0 Å². The molecule has 1 atom stereocenters. The lowest BCUT2D eigenvalue weighted by Gasteiger charge is -2.37. The molecule has 64 heavy (non-hydrogen) atoms. The van der Waals surface area contributed by atoms with E-state index in [1.54, 1.807) is 29.2 Å². The summed E-state index contributed by atoms with van der Waals surface area (Å²) < 4.78 is 29.8. The predicted octanol–water partition coefficient (Wildman–Crippen LogP) is 3.72. The number of aromatic amines is 1. The lowest BCUT2D eigenvalue weighted by Crippen LogP contribution is -2.50. The molecule has 20 nitrogen and oxygen atoms in total. The number of amides is 2. The second kappa shape index (κ2) is 18.2. The molecule has 5 N–H and O–H groups in total. The fourth-order valence-corrected chi connectivity index (χ4v) is 9.03. The molecule has 336 valence electrons. The molecule has 21 heteroatoms. The first-order valence-electron chi connectivity index (χ1n) is 21.5. The van der Waals surface area contributed by atoms with Crippen LogP contribution in [-0.4, -0.2) is 141 Å². The summed E-state index contributed by atoms with van der Waals surface area (Å²) in [5.74, 6) is 1.24. The monoisotopic (exact) mass is 893 g/mol. The van der Waals surface area contributed by atoms with Crippen LogP contribution in [0, 0.1) is 0 Å². The number of hydrogen-bond acceptors (Lipinski definition) is 17. The van der Waals surface area contributed by atoms with Crippen LogP contribution in [0.25, 0.3) is 10.9 Å². The Balaban J connectivity index is 0.930. The van der Waals surface area contributed by atoms with Gasteiger partial charge in [0.05, 0.1) is 35.6 Å². The van der Waals surface area contributed by atoms with Crippen molar-refractivity contribution >= 4 is 78.8 Å². The average molecular weight is 894 g/mol. The molecule has 7 heterocycles. The number of aromatic nitrogens is 4. The van der Waals surface area contributed by atoms with Crippen LogP contribution in [0.15, 0.2) is 76.7 Å². The molecular weight excluding hydrogens is 843 g/mol. The Morgan fingerprint density at radius 3 is 2.33 bits per heavy atom. The average Bonchev–Trinajstić information content (AvgIpc) is 3.30. The van der Waals surface area contributed by atoms with Crippen LogP contribution in [-0.2, 0) is 19.4 Å². The van der Waals surface area contributed by atoms with Gasteiger partial charge in [0.25, 0.3) is 11.5 Å². The van der Waals surface area contributed by atoms with Gasteiger partial charge in [0.15, 0.2) is 9.84 Å². The molecule has 2 amide bonds. The number of piperidine rings is 1. The van der Waals surface area contributed by atoms with E-state index in [4.69, 9.17) is 19.5 Å². The van der Waals surface area contributed by atoms with Gasteiger partial charge in [-0.2, -0.15) is 5.06 Å². The van der Waals surface area contributed by atoms with E-state index in [0.717, 1.165) is 56.8 Å². The van der Waals surface area contributed by atoms with E-state index >= 15 is 0 Å². The van der Waals surface area contributed by atoms with E-state index in [2.05, 4.69) is 52.9 Å². The van der Waals surface area contributed by atoms with E-state index in [-0.39, 0.29) is 34.5 Å². The third kappa shape index (κ3) is 9.31. The number of pyridine rings is 2. The van der Waals surface area contributed by atoms with Crippen LogP contribution >= 0.6 is 0 Å². The highest BCUT2D eigenvalue weighted by Crippen LogP contribution is 2.36. The second-order valence-corrected chi connectivity index (χ2v) is 18.2. The maximum Gasteiger partial charge on any atom is 0.434 e. The van der Waals surface area contributed by atoms with Crippen LogP contribution in [0.5, 0.6) is 0 Å². The minimum atomic E-state index is -3.42. The van der Waals surface area contributed by atoms with Crippen LogP contribution in [0.1, 0.15) is 30.1 Å². The largest absolute Gasteiger partial charge is 0.434 e. The Hall–Kier alpha value is -6.71. The fraction of sp³-hybridized carbons (Fsp3) is 0.395. The molecule has 0 aliphatic carbocycles. The maximum absolute atomic E-state index is 14.0. The number of H-pyrrole nitrogens is 1. The zero-order chi connectivity index (χ0) is 44.4. The Bertz CT molecular complexity index is 2690. The molecule has 0 unspecified atom stereocenters. The van der Waals surface area contributed by atoms with Gasteiger partial charge in [-0.1, -0.05) is 6.92 Å². The van der Waals surface area contributed by atoms with Crippen molar-refractivity contribution in [2.45, 2.75) is 30.7 Å². The summed E-state index contributed by atoms with van der Waals surface area (Å²) >= 11 is 0. The van der Waals surface area contributed by atoms with Crippen molar-refractivity contribution < 1.29 is 27.6 Å². The summed E-state index contributed by atoms with van der Waals surface area (Å²) in [6.45, 7) is 9.76. The standard InChI is InChI=1S/C43H51N13O7S/c1-3-52-15-17-54(18-16-52)36-24-34-38(40(51-36)49-29-8-12-32(13-9-29)64(2,60)61)42(58)46-27-56(34)63-43(59)55-14-4-5-30(25-55)47-35-23-33-37(41(57)45-26-44-33)39(50-35)48-28-6-10-31(11-7-28)53-19-21-62-22-20-53/h6-13,23-24,26,30H,3-5,14-22,25,27H2,1-2H3,(H,46,58)(H,49,51)(H,44,45,57)(H2,47,48,50)/t30-/m1/s1. The fourth-order valence-electron chi connectivity index (χ4n) is 8.40. The number of likely N-dealkylation sites (N-methyl/N-ethyl adjacent to an activating group) is 1. The number of carbonyl (C=O) groups is 2. The van der Waals surface area contributed by atoms with Gasteiger partial charge in [0.2, 0.25) is 0 Å². The Morgan fingerprint density at radius 2 is 1.61 bits per heavy atom. The number of carbonyl (C=O) groups excluding carboxylic acids is 2. The summed E-state index contributed by atoms with van der Waals surface area (Å²) in [7, 11) is -3.42. The smallest absolute Gasteiger partial charge is 0.378 e. The lowest BCUT2D eigenvalue weighted by atomic mass is 10.1. The zero-order valence-corrected chi connectivity index (χ0v) is 36.5. The second-order valence-electron chi connectivity index (χ2n) is 16.1. The van der Waals surface area contributed by atoms with Gasteiger partial charge in [-0.05, 0) is 67.9 Å². The molecule has 0 spiro atoms. The number of benzene rings is 2. The number of hydrogen-bond donors (Lipinski definition) is 5.